The number of carbonyl (C=O) groups is 2. The number of rotatable bonds is 2. The smallest absolute Gasteiger partial charge is 0.239 e. The average Bonchev–Trinajstić information content (AvgIpc) is 2.75. The van der Waals surface area contributed by atoms with Gasteiger partial charge in [0.25, 0.3) is 0 Å². The van der Waals surface area contributed by atoms with Gasteiger partial charge in [-0.15, -0.1) is 0 Å². The summed E-state index contributed by atoms with van der Waals surface area (Å²) in [6.45, 7) is 2.05. The fourth-order valence-corrected chi connectivity index (χ4v) is 3.30. The molecular formula is C17H21FN2O2. The molecular weight excluding hydrogens is 283 g/mol. The van der Waals surface area contributed by atoms with Gasteiger partial charge in [-0.25, -0.2) is 4.39 Å². The average molecular weight is 304 g/mol. The largest absolute Gasteiger partial charge is 0.342 e. The first-order valence-electron chi connectivity index (χ1n) is 8.02. The minimum atomic E-state index is -0.567. The van der Waals surface area contributed by atoms with Gasteiger partial charge >= 0.3 is 0 Å². The second-order valence-electron chi connectivity index (χ2n) is 6.05. The molecule has 1 aromatic rings. The highest BCUT2D eigenvalue weighted by Crippen LogP contribution is 2.27. The van der Waals surface area contributed by atoms with E-state index in [-0.39, 0.29) is 17.6 Å². The quantitative estimate of drug-likeness (QED) is 0.788. The minimum absolute atomic E-state index is 0.0310. The van der Waals surface area contributed by atoms with Gasteiger partial charge in [0.1, 0.15) is 11.7 Å². The van der Waals surface area contributed by atoms with Gasteiger partial charge < -0.3 is 9.80 Å². The SMILES string of the molecule is O=C(C1CCN(c2ccc(F)cc2)C1=O)N1CCCCCC1. The Morgan fingerprint density at radius 1 is 1.00 bits per heavy atom. The van der Waals surface area contributed by atoms with Crippen molar-refractivity contribution >= 4 is 17.5 Å². The second-order valence-corrected chi connectivity index (χ2v) is 6.05. The molecule has 1 unspecified atom stereocenters. The van der Waals surface area contributed by atoms with E-state index in [1.165, 1.54) is 12.1 Å². The van der Waals surface area contributed by atoms with Crippen molar-refractivity contribution < 1.29 is 14.0 Å². The van der Waals surface area contributed by atoms with Crippen molar-refractivity contribution in [2.24, 2.45) is 5.92 Å². The van der Waals surface area contributed by atoms with E-state index in [2.05, 4.69) is 0 Å². The number of carbonyl (C=O) groups excluding carboxylic acids is 2. The monoisotopic (exact) mass is 304 g/mol. The zero-order valence-electron chi connectivity index (χ0n) is 12.6. The molecule has 2 fully saturated rings. The summed E-state index contributed by atoms with van der Waals surface area (Å²) in [6.07, 6.45) is 4.91. The molecule has 0 bridgehead atoms. The van der Waals surface area contributed by atoms with Crippen molar-refractivity contribution in [1.82, 2.24) is 4.90 Å². The standard InChI is InChI=1S/C17H21FN2O2/c18-13-5-7-14(8-6-13)20-12-9-15(17(20)22)16(21)19-10-3-1-2-4-11-19/h5-8,15H,1-4,9-12H2. The number of halogens is 1. The molecule has 0 aliphatic carbocycles. The molecule has 0 aromatic heterocycles. The van der Waals surface area contributed by atoms with E-state index in [4.69, 9.17) is 0 Å². The van der Waals surface area contributed by atoms with E-state index in [1.54, 1.807) is 17.0 Å². The normalized spacial score (nSPS) is 22.8. The Hall–Kier alpha value is -1.91. The summed E-state index contributed by atoms with van der Waals surface area (Å²) in [4.78, 5) is 28.6. The minimum Gasteiger partial charge on any atom is -0.342 e. The number of benzene rings is 1. The highest BCUT2D eigenvalue weighted by Gasteiger charge is 2.39. The maximum Gasteiger partial charge on any atom is 0.239 e. The van der Waals surface area contributed by atoms with Crippen LogP contribution in [-0.4, -0.2) is 36.3 Å². The van der Waals surface area contributed by atoms with Gasteiger partial charge in [0.05, 0.1) is 0 Å². The van der Waals surface area contributed by atoms with Crippen LogP contribution in [0.3, 0.4) is 0 Å². The summed E-state index contributed by atoms with van der Waals surface area (Å²) in [5.74, 6) is -1.08. The molecule has 4 nitrogen and oxygen atoms in total. The Labute approximate surface area is 129 Å². The predicted molar refractivity (Wildman–Crippen MR) is 81.9 cm³/mol. The number of hydrogen-bond acceptors (Lipinski definition) is 2. The van der Waals surface area contributed by atoms with Crippen LogP contribution in [0.5, 0.6) is 0 Å². The van der Waals surface area contributed by atoms with Crippen molar-refractivity contribution in [2.45, 2.75) is 32.1 Å². The van der Waals surface area contributed by atoms with Gasteiger partial charge in [-0.3, -0.25) is 9.59 Å². The van der Waals surface area contributed by atoms with Crippen LogP contribution in [0, 0.1) is 11.7 Å². The second kappa shape index (κ2) is 6.46. The Morgan fingerprint density at radius 2 is 1.64 bits per heavy atom. The summed E-state index contributed by atoms with van der Waals surface area (Å²) in [7, 11) is 0. The topological polar surface area (TPSA) is 40.6 Å². The van der Waals surface area contributed by atoms with E-state index in [0.29, 0.717) is 18.7 Å². The van der Waals surface area contributed by atoms with E-state index in [1.807, 2.05) is 4.90 Å². The summed E-state index contributed by atoms with van der Waals surface area (Å²) < 4.78 is 13.0. The van der Waals surface area contributed by atoms with E-state index >= 15 is 0 Å². The molecule has 0 spiro atoms. The molecule has 118 valence electrons. The summed E-state index contributed by atoms with van der Waals surface area (Å²) >= 11 is 0. The molecule has 2 aliphatic rings. The number of hydrogen-bond donors (Lipinski definition) is 0. The Bertz CT molecular complexity index is 550. The van der Waals surface area contributed by atoms with Crippen LogP contribution in [0.25, 0.3) is 0 Å². The van der Waals surface area contributed by atoms with Gasteiger partial charge in [0.2, 0.25) is 11.8 Å². The van der Waals surface area contributed by atoms with Crippen LogP contribution < -0.4 is 4.90 Å². The third kappa shape index (κ3) is 2.98. The molecule has 3 rings (SSSR count). The van der Waals surface area contributed by atoms with E-state index in [0.717, 1.165) is 38.8 Å². The van der Waals surface area contributed by atoms with Gasteiger partial charge in [0, 0.05) is 25.3 Å². The lowest BCUT2D eigenvalue weighted by atomic mass is 10.1. The maximum atomic E-state index is 13.0. The molecule has 2 amide bonds. The van der Waals surface area contributed by atoms with Crippen LogP contribution in [0.2, 0.25) is 0 Å². The van der Waals surface area contributed by atoms with E-state index in [9.17, 15) is 14.0 Å². The molecule has 2 aliphatic heterocycles. The zero-order chi connectivity index (χ0) is 15.5. The van der Waals surface area contributed by atoms with Crippen molar-refractivity contribution in [1.29, 1.82) is 0 Å². The van der Waals surface area contributed by atoms with Gasteiger partial charge in [-0.1, -0.05) is 12.8 Å². The van der Waals surface area contributed by atoms with Crippen LogP contribution in [0.1, 0.15) is 32.1 Å². The van der Waals surface area contributed by atoms with Crippen molar-refractivity contribution in [2.75, 3.05) is 24.5 Å². The first kappa shape index (κ1) is 15.0. The number of amides is 2. The number of anilines is 1. The molecule has 5 heteroatoms. The molecule has 2 saturated heterocycles. The summed E-state index contributed by atoms with van der Waals surface area (Å²) in [6, 6.07) is 5.86. The molecule has 0 N–H and O–H groups in total. The van der Waals surface area contributed by atoms with Gasteiger partial charge in [-0.05, 0) is 43.5 Å². The van der Waals surface area contributed by atoms with Crippen LogP contribution in [0.4, 0.5) is 10.1 Å². The highest BCUT2D eigenvalue weighted by atomic mass is 19.1. The maximum absolute atomic E-state index is 13.0. The number of likely N-dealkylation sites (tertiary alicyclic amines) is 1. The van der Waals surface area contributed by atoms with E-state index < -0.39 is 5.92 Å². The third-order valence-electron chi connectivity index (χ3n) is 4.56. The molecule has 2 heterocycles. The predicted octanol–water partition coefficient (Wildman–Crippen LogP) is 2.58. The first-order valence-corrected chi connectivity index (χ1v) is 8.02. The van der Waals surface area contributed by atoms with Crippen molar-refractivity contribution in [3.63, 3.8) is 0 Å². The molecule has 0 radical (unpaired) electrons. The molecule has 1 atom stereocenters. The summed E-state index contributed by atoms with van der Waals surface area (Å²) in [5, 5.41) is 0. The lowest BCUT2D eigenvalue weighted by Gasteiger charge is -2.23. The molecule has 0 saturated carbocycles. The first-order chi connectivity index (χ1) is 10.7. The lowest BCUT2D eigenvalue weighted by Crippen LogP contribution is -2.40. The van der Waals surface area contributed by atoms with Crippen LogP contribution in [0.15, 0.2) is 24.3 Å². The summed E-state index contributed by atoms with van der Waals surface area (Å²) in [5.41, 5.74) is 0.664. The van der Waals surface area contributed by atoms with Gasteiger partial charge in [-0.2, -0.15) is 0 Å². The van der Waals surface area contributed by atoms with Gasteiger partial charge in [0.15, 0.2) is 0 Å². The Balaban J connectivity index is 1.70. The van der Waals surface area contributed by atoms with Crippen LogP contribution >= 0.6 is 0 Å². The number of nitrogens with zero attached hydrogens (tertiary/aromatic N) is 2. The van der Waals surface area contributed by atoms with Crippen LogP contribution in [-0.2, 0) is 9.59 Å². The lowest BCUT2D eigenvalue weighted by molar-refractivity contribution is -0.139. The molecule has 22 heavy (non-hydrogen) atoms. The molecule has 1 aromatic carbocycles. The zero-order valence-corrected chi connectivity index (χ0v) is 12.6. The van der Waals surface area contributed by atoms with Crippen molar-refractivity contribution in [3.05, 3.63) is 30.1 Å². The highest BCUT2D eigenvalue weighted by molar-refractivity contribution is 6.09. The van der Waals surface area contributed by atoms with Crippen molar-refractivity contribution in [3.8, 4) is 0 Å². The fourth-order valence-electron chi connectivity index (χ4n) is 3.30. The Morgan fingerprint density at radius 3 is 2.27 bits per heavy atom. The third-order valence-corrected chi connectivity index (χ3v) is 4.56. The Kier molecular flexibility index (Phi) is 4.41. The fraction of sp³-hybridized carbons (Fsp3) is 0.529.